The van der Waals surface area contributed by atoms with Crippen molar-refractivity contribution in [2.24, 2.45) is 0 Å². The number of benzene rings is 2. The largest absolute Gasteiger partial charge is 0.338 e. The number of hydrogen-bond acceptors (Lipinski definition) is 2. The maximum Gasteiger partial charge on any atom is 0.156 e. The maximum absolute atomic E-state index is 6.08. The van der Waals surface area contributed by atoms with Crippen molar-refractivity contribution in [3.8, 4) is 11.3 Å². The third-order valence-corrected chi connectivity index (χ3v) is 4.21. The summed E-state index contributed by atoms with van der Waals surface area (Å²) in [6, 6.07) is 14.3. The van der Waals surface area contributed by atoms with Crippen molar-refractivity contribution in [3.63, 3.8) is 0 Å². The Labute approximate surface area is 128 Å². The van der Waals surface area contributed by atoms with Crippen molar-refractivity contribution in [3.05, 3.63) is 64.2 Å². The van der Waals surface area contributed by atoms with Gasteiger partial charge in [-0.1, -0.05) is 41.9 Å². The second kappa shape index (κ2) is 4.64. The third-order valence-electron chi connectivity index (χ3n) is 3.97. The van der Waals surface area contributed by atoms with Crippen molar-refractivity contribution in [1.82, 2.24) is 10.2 Å². The highest BCUT2D eigenvalue weighted by Gasteiger charge is 2.24. The lowest BCUT2D eigenvalue weighted by Crippen LogP contribution is -1.96. The van der Waals surface area contributed by atoms with Gasteiger partial charge in [0.05, 0.1) is 5.69 Å². The average Bonchev–Trinajstić information content (AvgIpc) is 3.03. The zero-order valence-corrected chi connectivity index (χ0v) is 12.3. The van der Waals surface area contributed by atoms with Crippen LogP contribution in [-0.2, 0) is 6.42 Å². The van der Waals surface area contributed by atoms with Gasteiger partial charge in [0, 0.05) is 28.3 Å². The van der Waals surface area contributed by atoms with Crippen molar-refractivity contribution in [2.45, 2.75) is 13.3 Å². The molecule has 4 heteroatoms. The summed E-state index contributed by atoms with van der Waals surface area (Å²) in [5.41, 5.74) is 7.06. The number of aromatic nitrogens is 2. The van der Waals surface area contributed by atoms with E-state index in [1.807, 2.05) is 18.2 Å². The summed E-state index contributed by atoms with van der Waals surface area (Å²) < 4.78 is 0. The van der Waals surface area contributed by atoms with E-state index in [0.29, 0.717) is 0 Å². The number of nitrogens with one attached hydrogen (secondary N) is 2. The Balaban J connectivity index is 1.73. The molecule has 3 nitrogen and oxygen atoms in total. The van der Waals surface area contributed by atoms with Crippen LogP contribution in [0.15, 0.2) is 42.5 Å². The molecular formula is C17H14ClN3. The Morgan fingerprint density at radius 2 is 2.05 bits per heavy atom. The van der Waals surface area contributed by atoms with Crippen molar-refractivity contribution in [2.75, 3.05) is 5.32 Å². The first kappa shape index (κ1) is 12.5. The van der Waals surface area contributed by atoms with E-state index in [1.165, 1.54) is 16.7 Å². The van der Waals surface area contributed by atoms with Crippen LogP contribution < -0.4 is 5.32 Å². The second-order valence-corrected chi connectivity index (χ2v) is 5.78. The van der Waals surface area contributed by atoms with E-state index in [9.17, 15) is 0 Å². The standard InChI is InChI=1S/C17H14ClN3/c1-10-6-7-12(18)9-15(10)19-17-14-8-11-4-2-3-5-13(11)16(14)20-21-17/h2-7,9H,8H2,1H3,(H2,19,20,21). The van der Waals surface area contributed by atoms with E-state index >= 15 is 0 Å². The highest BCUT2D eigenvalue weighted by atomic mass is 35.5. The Bertz CT molecular complexity index is 836. The number of hydrogen-bond donors (Lipinski definition) is 2. The van der Waals surface area contributed by atoms with E-state index < -0.39 is 0 Å². The summed E-state index contributed by atoms with van der Waals surface area (Å²) in [6.07, 6.45) is 0.907. The van der Waals surface area contributed by atoms with Gasteiger partial charge in [-0.25, -0.2) is 0 Å². The fourth-order valence-electron chi connectivity index (χ4n) is 2.83. The Morgan fingerprint density at radius 1 is 1.19 bits per heavy atom. The van der Waals surface area contributed by atoms with E-state index in [-0.39, 0.29) is 0 Å². The van der Waals surface area contributed by atoms with Gasteiger partial charge in [0.1, 0.15) is 0 Å². The lowest BCUT2D eigenvalue weighted by Gasteiger charge is -2.08. The summed E-state index contributed by atoms with van der Waals surface area (Å²) in [5, 5.41) is 11.7. The van der Waals surface area contributed by atoms with Gasteiger partial charge in [-0.15, -0.1) is 0 Å². The molecular weight excluding hydrogens is 282 g/mol. The molecule has 2 N–H and O–H groups in total. The van der Waals surface area contributed by atoms with Crippen LogP contribution in [0, 0.1) is 6.92 Å². The first-order valence-corrected chi connectivity index (χ1v) is 7.29. The summed E-state index contributed by atoms with van der Waals surface area (Å²) in [6.45, 7) is 2.06. The van der Waals surface area contributed by atoms with Crippen LogP contribution in [0.1, 0.15) is 16.7 Å². The van der Waals surface area contributed by atoms with Crippen LogP contribution in [0.2, 0.25) is 5.02 Å². The number of rotatable bonds is 2. The quantitative estimate of drug-likeness (QED) is 0.563. The van der Waals surface area contributed by atoms with Gasteiger partial charge < -0.3 is 5.32 Å². The fourth-order valence-corrected chi connectivity index (χ4v) is 3.00. The zero-order valence-electron chi connectivity index (χ0n) is 11.6. The van der Waals surface area contributed by atoms with Crippen LogP contribution in [0.4, 0.5) is 11.5 Å². The number of H-pyrrole nitrogens is 1. The van der Waals surface area contributed by atoms with Gasteiger partial charge in [0.2, 0.25) is 0 Å². The zero-order chi connectivity index (χ0) is 14.4. The number of aromatic amines is 1. The minimum absolute atomic E-state index is 0.721. The number of anilines is 2. The Hall–Kier alpha value is -2.26. The molecule has 3 aromatic rings. The Morgan fingerprint density at radius 3 is 2.95 bits per heavy atom. The minimum Gasteiger partial charge on any atom is -0.338 e. The van der Waals surface area contributed by atoms with Gasteiger partial charge in [-0.05, 0) is 30.2 Å². The predicted octanol–water partition coefficient (Wildman–Crippen LogP) is 4.69. The van der Waals surface area contributed by atoms with Gasteiger partial charge in [0.15, 0.2) is 5.82 Å². The summed E-state index contributed by atoms with van der Waals surface area (Å²) in [4.78, 5) is 0. The molecule has 1 aliphatic carbocycles. The maximum atomic E-state index is 6.08. The first-order chi connectivity index (χ1) is 10.2. The molecule has 0 spiro atoms. The van der Waals surface area contributed by atoms with E-state index in [0.717, 1.165) is 34.2 Å². The van der Waals surface area contributed by atoms with Crippen LogP contribution in [0.25, 0.3) is 11.3 Å². The topological polar surface area (TPSA) is 40.7 Å². The number of halogens is 1. The van der Waals surface area contributed by atoms with Gasteiger partial charge in [0.25, 0.3) is 0 Å². The van der Waals surface area contributed by atoms with Gasteiger partial charge >= 0.3 is 0 Å². The molecule has 1 aromatic heterocycles. The molecule has 0 radical (unpaired) electrons. The van der Waals surface area contributed by atoms with Crippen LogP contribution >= 0.6 is 11.6 Å². The normalized spacial score (nSPS) is 12.1. The van der Waals surface area contributed by atoms with Crippen LogP contribution in [0.5, 0.6) is 0 Å². The lowest BCUT2D eigenvalue weighted by molar-refractivity contribution is 1.09. The van der Waals surface area contributed by atoms with Crippen molar-refractivity contribution < 1.29 is 0 Å². The van der Waals surface area contributed by atoms with Gasteiger partial charge in [-0.3, -0.25) is 5.10 Å². The average molecular weight is 296 g/mol. The molecule has 104 valence electrons. The number of aryl methyl sites for hydroxylation is 1. The summed E-state index contributed by atoms with van der Waals surface area (Å²) in [5.74, 6) is 0.881. The Kier molecular flexibility index (Phi) is 2.76. The third kappa shape index (κ3) is 2.01. The van der Waals surface area contributed by atoms with E-state index in [4.69, 9.17) is 11.6 Å². The van der Waals surface area contributed by atoms with Crippen LogP contribution in [-0.4, -0.2) is 10.2 Å². The SMILES string of the molecule is Cc1ccc(Cl)cc1Nc1n[nH]c2c1Cc1ccccc1-2. The van der Waals surface area contributed by atoms with Crippen molar-refractivity contribution in [1.29, 1.82) is 0 Å². The number of fused-ring (bicyclic) bond motifs is 3. The monoisotopic (exact) mass is 295 g/mol. The molecule has 0 fully saturated rings. The van der Waals surface area contributed by atoms with E-state index in [1.54, 1.807) is 0 Å². The first-order valence-electron chi connectivity index (χ1n) is 6.91. The fraction of sp³-hybridized carbons (Fsp3) is 0.118. The molecule has 2 aromatic carbocycles. The molecule has 0 atom stereocenters. The molecule has 0 amide bonds. The molecule has 21 heavy (non-hydrogen) atoms. The minimum atomic E-state index is 0.721. The molecule has 0 unspecified atom stereocenters. The summed E-state index contributed by atoms with van der Waals surface area (Å²) in [7, 11) is 0. The van der Waals surface area contributed by atoms with Crippen molar-refractivity contribution >= 4 is 23.1 Å². The number of nitrogens with zero attached hydrogens (tertiary/aromatic N) is 1. The smallest absolute Gasteiger partial charge is 0.156 e. The molecule has 0 saturated heterocycles. The van der Waals surface area contributed by atoms with Gasteiger partial charge in [-0.2, -0.15) is 5.10 Å². The van der Waals surface area contributed by atoms with Crippen LogP contribution in [0.3, 0.4) is 0 Å². The summed E-state index contributed by atoms with van der Waals surface area (Å²) >= 11 is 6.08. The van der Waals surface area contributed by atoms with E-state index in [2.05, 4.69) is 46.7 Å². The molecule has 0 bridgehead atoms. The predicted molar refractivity (Wildman–Crippen MR) is 86.3 cm³/mol. The molecule has 1 heterocycles. The highest BCUT2D eigenvalue weighted by molar-refractivity contribution is 6.30. The highest BCUT2D eigenvalue weighted by Crippen LogP contribution is 2.39. The molecule has 0 aliphatic heterocycles. The molecule has 4 rings (SSSR count). The molecule has 0 saturated carbocycles. The lowest BCUT2D eigenvalue weighted by atomic mass is 10.1. The second-order valence-electron chi connectivity index (χ2n) is 5.34. The molecule has 1 aliphatic rings.